The monoisotopic (exact) mass is 332 g/mol. The van der Waals surface area contributed by atoms with Crippen LogP contribution in [-0.4, -0.2) is 28.6 Å². The van der Waals surface area contributed by atoms with E-state index in [0.717, 1.165) is 24.5 Å². The Hall–Kier alpha value is -2.25. The largest absolute Gasteiger partial charge is 0.481 e. The highest BCUT2D eigenvalue weighted by Gasteiger charge is 2.22. The van der Waals surface area contributed by atoms with E-state index in [1.165, 1.54) is 11.3 Å². The maximum Gasteiger partial charge on any atom is 0.307 e. The molecular formula is C16H16N2O4S. The maximum absolute atomic E-state index is 12.3. The van der Waals surface area contributed by atoms with E-state index in [4.69, 9.17) is 9.84 Å². The van der Waals surface area contributed by atoms with Crippen molar-refractivity contribution >= 4 is 28.9 Å². The van der Waals surface area contributed by atoms with Gasteiger partial charge in [0.15, 0.2) is 0 Å². The van der Waals surface area contributed by atoms with Gasteiger partial charge in [-0.1, -0.05) is 18.2 Å². The molecule has 0 spiro atoms. The topological polar surface area (TPSA) is 88.5 Å². The molecule has 1 aromatic carbocycles. The van der Waals surface area contributed by atoms with Gasteiger partial charge in [-0.3, -0.25) is 9.59 Å². The molecule has 3 rings (SSSR count). The van der Waals surface area contributed by atoms with Crippen LogP contribution in [0.5, 0.6) is 0 Å². The van der Waals surface area contributed by atoms with Gasteiger partial charge in [-0.05, 0) is 24.5 Å². The molecule has 1 aromatic heterocycles. The lowest BCUT2D eigenvalue weighted by molar-refractivity contribution is -0.136. The summed E-state index contributed by atoms with van der Waals surface area (Å²) in [6, 6.07) is 6.86. The lowest BCUT2D eigenvalue weighted by Crippen LogP contribution is -2.15. The van der Waals surface area contributed by atoms with Crippen LogP contribution in [0.1, 0.15) is 40.0 Å². The van der Waals surface area contributed by atoms with Gasteiger partial charge in [-0.25, -0.2) is 4.98 Å². The first-order chi connectivity index (χ1) is 11.1. The number of hydrogen-bond donors (Lipinski definition) is 2. The summed E-state index contributed by atoms with van der Waals surface area (Å²) in [5.74, 6) is -1.29. The molecule has 1 aliphatic rings. The maximum atomic E-state index is 12.3. The fourth-order valence-corrected chi connectivity index (χ4v) is 3.34. The number of anilines is 1. The number of nitrogens with zero attached hydrogens (tertiary/aromatic N) is 1. The number of benzene rings is 1. The van der Waals surface area contributed by atoms with E-state index in [1.54, 1.807) is 29.6 Å². The average Bonchev–Trinajstić information content (AvgIpc) is 3.19. The Kier molecular flexibility index (Phi) is 4.68. The molecule has 1 unspecified atom stereocenters. The van der Waals surface area contributed by atoms with Gasteiger partial charge in [0.1, 0.15) is 16.8 Å². The Bertz CT molecular complexity index is 722. The fraction of sp³-hybridized carbons (Fsp3) is 0.312. The number of aromatic nitrogens is 1. The standard InChI is InChI=1S/C16H16N2O4S/c19-14(20)8-10-4-1-2-5-11(10)17-15(21)12-9-23-16(18-12)13-6-3-7-22-13/h1-2,4-5,9,13H,3,6-8H2,(H,17,21)(H,19,20). The fourth-order valence-electron chi connectivity index (χ4n) is 2.46. The Morgan fingerprint density at radius 2 is 2.22 bits per heavy atom. The minimum Gasteiger partial charge on any atom is -0.481 e. The Balaban J connectivity index is 1.73. The van der Waals surface area contributed by atoms with Crippen LogP contribution in [0.15, 0.2) is 29.6 Å². The second-order valence-corrected chi connectivity index (χ2v) is 6.14. The summed E-state index contributed by atoms with van der Waals surface area (Å²) in [7, 11) is 0. The summed E-state index contributed by atoms with van der Waals surface area (Å²) < 4.78 is 5.56. The van der Waals surface area contributed by atoms with Crippen molar-refractivity contribution in [2.75, 3.05) is 11.9 Å². The van der Waals surface area contributed by atoms with Crippen molar-refractivity contribution in [3.63, 3.8) is 0 Å². The first-order valence-electron chi connectivity index (χ1n) is 7.31. The quantitative estimate of drug-likeness (QED) is 0.879. The molecule has 0 saturated carbocycles. The number of hydrogen-bond acceptors (Lipinski definition) is 5. The molecule has 2 N–H and O–H groups in total. The third kappa shape index (κ3) is 3.75. The molecule has 6 nitrogen and oxygen atoms in total. The lowest BCUT2D eigenvalue weighted by Gasteiger charge is -2.08. The second kappa shape index (κ2) is 6.89. The van der Waals surface area contributed by atoms with E-state index in [9.17, 15) is 9.59 Å². The molecule has 2 aromatic rings. The minimum absolute atomic E-state index is 0.0131. The van der Waals surface area contributed by atoms with Gasteiger partial charge in [-0.15, -0.1) is 11.3 Å². The number of rotatable bonds is 5. The van der Waals surface area contributed by atoms with E-state index in [-0.39, 0.29) is 18.4 Å². The molecule has 1 aliphatic heterocycles. The number of carboxylic acid groups (broad SMARTS) is 1. The summed E-state index contributed by atoms with van der Waals surface area (Å²) in [6.07, 6.45) is 1.78. The number of carbonyl (C=O) groups is 2. The molecule has 1 atom stereocenters. The first-order valence-corrected chi connectivity index (χ1v) is 8.19. The molecule has 23 heavy (non-hydrogen) atoms. The molecule has 2 heterocycles. The molecule has 7 heteroatoms. The first kappa shape index (κ1) is 15.6. The van der Waals surface area contributed by atoms with Crippen LogP contribution >= 0.6 is 11.3 Å². The molecule has 1 fully saturated rings. The van der Waals surface area contributed by atoms with Crippen molar-refractivity contribution < 1.29 is 19.4 Å². The van der Waals surface area contributed by atoms with Crippen LogP contribution in [0.4, 0.5) is 5.69 Å². The van der Waals surface area contributed by atoms with Crippen LogP contribution in [0, 0.1) is 0 Å². The summed E-state index contributed by atoms with van der Waals surface area (Å²) in [5.41, 5.74) is 1.38. The van der Waals surface area contributed by atoms with E-state index in [0.29, 0.717) is 16.9 Å². The number of aliphatic carboxylic acids is 1. The predicted molar refractivity (Wildman–Crippen MR) is 85.8 cm³/mol. The highest BCUT2D eigenvalue weighted by atomic mass is 32.1. The van der Waals surface area contributed by atoms with E-state index in [1.807, 2.05) is 0 Å². The number of nitrogens with one attached hydrogen (secondary N) is 1. The Morgan fingerprint density at radius 3 is 2.96 bits per heavy atom. The third-order valence-corrected chi connectivity index (χ3v) is 4.50. The van der Waals surface area contributed by atoms with Gasteiger partial charge in [0.2, 0.25) is 0 Å². The SMILES string of the molecule is O=C(O)Cc1ccccc1NC(=O)c1csc(C2CCCO2)n1. The van der Waals surface area contributed by atoms with Crippen molar-refractivity contribution in [2.45, 2.75) is 25.4 Å². The van der Waals surface area contributed by atoms with E-state index in [2.05, 4.69) is 10.3 Å². The van der Waals surface area contributed by atoms with Crippen LogP contribution in [0.3, 0.4) is 0 Å². The zero-order valence-corrected chi connectivity index (χ0v) is 13.1. The number of ether oxygens (including phenoxy) is 1. The van der Waals surface area contributed by atoms with Gasteiger partial charge in [0, 0.05) is 17.7 Å². The van der Waals surface area contributed by atoms with E-state index < -0.39 is 5.97 Å². The Labute approximate surface area is 137 Å². The van der Waals surface area contributed by atoms with Crippen LogP contribution in [-0.2, 0) is 16.0 Å². The van der Waals surface area contributed by atoms with Crippen molar-refractivity contribution in [3.8, 4) is 0 Å². The zero-order valence-electron chi connectivity index (χ0n) is 12.3. The molecular weight excluding hydrogens is 316 g/mol. The summed E-state index contributed by atoms with van der Waals surface area (Å²) >= 11 is 1.41. The van der Waals surface area contributed by atoms with Crippen LogP contribution < -0.4 is 5.32 Å². The second-order valence-electron chi connectivity index (χ2n) is 5.25. The molecule has 0 radical (unpaired) electrons. The summed E-state index contributed by atoms with van der Waals surface area (Å²) in [6.45, 7) is 0.730. The molecule has 120 valence electrons. The number of para-hydroxylation sites is 1. The van der Waals surface area contributed by atoms with Crippen LogP contribution in [0.2, 0.25) is 0 Å². The average molecular weight is 332 g/mol. The number of carbonyl (C=O) groups excluding carboxylic acids is 1. The van der Waals surface area contributed by atoms with Gasteiger partial charge in [-0.2, -0.15) is 0 Å². The van der Waals surface area contributed by atoms with Crippen molar-refractivity contribution in [2.24, 2.45) is 0 Å². The number of amides is 1. The van der Waals surface area contributed by atoms with Gasteiger partial charge < -0.3 is 15.2 Å². The highest BCUT2D eigenvalue weighted by Crippen LogP contribution is 2.30. The molecule has 1 amide bonds. The molecule has 0 aliphatic carbocycles. The summed E-state index contributed by atoms with van der Waals surface area (Å²) in [4.78, 5) is 27.6. The zero-order chi connectivity index (χ0) is 16.2. The Morgan fingerprint density at radius 1 is 1.39 bits per heavy atom. The van der Waals surface area contributed by atoms with Crippen LogP contribution in [0.25, 0.3) is 0 Å². The third-order valence-electron chi connectivity index (χ3n) is 3.57. The minimum atomic E-state index is -0.943. The predicted octanol–water partition coefficient (Wildman–Crippen LogP) is 2.87. The number of carboxylic acids is 1. The summed E-state index contributed by atoms with van der Waals surface area (Å²) in [5, 5.41) is 14.2. The van der Waals surface area contributed by atoms with Crippen molar-refractivity contribution in [3.05, 3.63) is 45.9 Å². The van der Waals surface area contributed by atoms with Gasteiger partial charge in [0.05, 0.1) is 6.42 Å². The smallest absolute Gasteiger partial charge is 0.307 e. The van der Waals surface area contributed by atoms with E-state index >= 15 is 0 Å². The van der Waals surface area contributed by atoms with Crippen molar-refractivity contribution in [1.29, 1.82) is 0 Å². The highest BCUT2D eigenvalue weighted by molar-refractivity contribution is 7.09. The van der Waals surface area contributed by atoms with Crippen molar-refractivity contribution in [1.82, 2.24) is 4.98 Å². The van der Waals surface area contributed by atoms with Gasteiger partial charge >= 0.3 is 5.97 Å². The number of thiazole rings is 1. The molecule has 0 bridgehead atoms. The molecule has 1 saturated heterocycles. The normalized spacial score (nSPS) is 17.1. The van der Waals surface area contributed by atoms with Gasteiger partial charge in [0.25, 0.3) is 5.91 Å². The lowest BCUT2D eigenvalue weighted by atomic mass is 10.1.